The summed E-state index contributed by atoms with van der Waals surface area (Å²) in [6.07, 6.45) is 5.39. The molecule has 0 amide bonds. The standard InChI is InChI=1S/C16H24BrNO/c1-12(9-13-5-7-15(17)8-6-13)18-11-14-3-2-4-16(19)10-14/h5-8,12,14,16,18-19H,2-4,9-11H2,1H3. The van der Waals surface area contributed by atoms with E-state index in [1.165, 1.54) is 18.4 Å². The van der Waals surface area contributed by atoms with Gasteiger partial charge in [0, 0.05) is 10.5 Å². The third-order valence-electron chi connectivity index (χ3n) is 3.97. The molecule has 0 spiro atoms. The van der Waals surface area contributed by atoms with Crippen LogP contribution in [0.15, 0.2) is 28.7 Å². The molecular formula is C16H24BrNO. The Hall–Kier alpha value is -0.380. The van der Waals surface area contributed by atoms with Gasteiger partial charge in [0.1, 0.15) is 0 Å². The van der Waals surface area contributed by atoms with Gasteiger partial charge in [-0.15, -0.1) is 0 Å². The molecule has 0 saturated heterocycles. The molecule has 0 aliphatic heterocycles. The molecule has 2 N–H and O–H groups in total. The molecule has 19 heavy (non-hydrogen) atoms. The number of aliphatic hydroxyl groups excluding tert-OH is 1. The fourth-order valence-electron chi connectivity index (χ4n) is 2.86. The largest absolute Gasteiger partial charge is 0.393 e. The number of aliphatic hydroxyl groups is 1. The van der Waals surface area contributed by atoms with Gasteiger partial charge in [-0.25, -0.2) is 0 Å². The summed E-state index contributed by atoms with van der Waals surface area (Å²) in [6, 6.07) is 9.03. The van der Waals surface area contributed by atoms with E-state index in [0.29, 0.717) is 12.0 Å². The highest BCUT2D eigenvalue weighted by Gasteiger charge is 2.20. The summed E-state index contributed by atoms with van der Waals surface area (Å²) in [4.78, 5) is 0. The minimum absolute atomic E-state index is 0.0673. The van der Waals surface area contributed by atoms with Crippen LogP contribution in [-0.2, 0) is 6.42 Å². The molecule has 0 aromatic heterocycles. The highest BCUT2D eigenvalue weighted by atomic mass is 79.9. The first kappa shape index (κ1) is 15.0. The van der Waals surface area contributed by atoms with Gasteiger partial charge in [-0.2, -0.15) is 0 Å². The molecule has 3 unspecified atom stereocenters. The third kappa shape index (κ3) is 5.25. The summed E-state index contributed by atoms with van der Waals surface area (Å²) < 4.78 is 1.13. The van der Waals surface area contributed by atoms with Crippen LogP contribution in [0.5, 0.6) is 0 Å². The van der Waals surface area contributed by atoms with E-state index in [-0.39, 0.29) is 6.10 Å². The molecule has 2 nitrogen and oxygen atoms in total. The van der Waals surface area contributed by atoms with Crippen LogP contribution >= 0.6 is 15.9 Å². The van der Waals surface area contributed by atoms with E-state index >= 15 is 0 Å². The van der Waals surface area contributed by atoms with E-state index in [1.807, 2.05) is 0 Å². The maximum Gasteiger partial charge on any atom is 0.0543 e. The number of hydrogen-bond acceptors (Lipinski definition) is 2. The lowest BCUT2D eigenvalue weighted by Gasteiger charge is -2.27. The molecule has 1 aromatic rings. The van der Waals surface area contributed by atoms with Gasteiger partial charge in [-0.05, 0) is 62.8 Å². The summed E-state index contributed by atoms with van der Waals surface area (Å²) >= 11 is 3.46. The average molecular weight is 326 g/mol. The second-order valence-corrected chi connectivity index (χ2v) is 6.74. The second kappa shape index (κ2) is 7.41. The van der Waals surface area contributed by atoms with Crippen LogP contribution in [0.3, 0.4) is 0 Å². The van der Waals surface area contributed by atoms with Crippen molar-refractivity contribution >= 4 is 15.9 Å². The lowest BCUT2D eigenvalue weighted by atomic mass is 9.87. The summed E-state index contributed by atoms with van der Waals surface area (Å²) in [5, 5.41) is 13.3. The number of hydrogen-bond donors (Lipinski definition) is 2. The maximum absolute atomic E-state index is 9.67. The fraction of sp³-hybridized carbons (Fsp3) is 0.625. The van der Waals surface area contributed by atoms with Crippen LogP contribution in [0.2, 0.25) is 0 Å². The van der Waals surface area contributed by atoms with E-state index in [0.717, 1.165) is 30.3 Å². The summed E-state index contributed by atoms with van der Waals surface area (Å²) in [6.45, 7) is 3.27. The van der Waals surface area contributed by atoms with Crippen molar-refractivity contribution in [3.8, 4) is 0 Å². The van der Waals surface area contributed by atoms with Crippen LogP contribution in [0.1, 0.15) is 38.2 Å². The van der Waals surface area contributed by atoms with Crippen molar-refractivity contribution in [3.63, 3.8) is 0 Å². The predicted molar refractivity (Wildman–Crippen MR) is 83.3 cm³/mol. The Morgan fingerprint density at radius 3 is 2.74 bits per heavy atom. The molecule has 0 radical (unpaired) electrons. The van der Waals surface area contributed by atoms with E-state index < -0.39 is 0 Å². The quantitative estimate of drug-likeness (QED) is 0.868. The molecule has 3 atom stereocenters. The number of nitrogens with one attached hydrogen (secondary N) is 1. The van der Waals surface area contributed by atoms with Crippen molar-refractivity contribution < 1.29 is 5.11 Å². The van der Waals surface area contributed by atoms with Gasteiger partial charge in [0.15, 0.2) is 0 Å². The van der Waals surface area contributed by atoms with Gasteiger partial charge in [-0.1, -0.05) is 34.5 Å². The summed E-state index contributed by atoms with van der Waals surface area (Å²) in [5.41, 5.74) is 1.37. The lowest BCUT2D eigenvalue weighted by molar-refractivity contribution is 0.0998. The Labute approximate surface area is 124 Å². The van der Waals surface area contributed by atoms with Crippen molar-refractivity contribution in [1.82, 2.24) is 5.32 Å². The zero-order valence-corrected chi connectivity index (χ0v) is 13.2. The molecule has 0 heterocycles. The zero-order chi connectivity index (χ0) is 13.7. The molecule has 106 valence electrons. The molecule has 1 aliphatic carbocycles. The molecule has 3 heteroatoms. The van der Waals surface area contributed by atoms with E-state index in [9.17, 15) is 5.11 Å². The zero-order valence-electron chi connectivity index (χ0n) is 11.6. The van der Waals surface area contributed by atoms with E-state index in [4.69, 9.17) is 0 Å². The van der Waals surface area contributed by atoms with Gasteiger partial charge in [-0.3, -0.25) is 0 Å². The minimum Gasteiger partial charge on any atom is -0.393 e. The topological polar surface area (TPSA) is 32.3 Å². The molecule has 1 aliphatic rings. The number of halogens is 1. The Morgan fingerprint density at radius 2 is 2.05 bits per heavy atom. The first-order chi connectivity index (χ1) is 9.13. The molecular weight excluding hydrogens is 302 g/mol. The van der Waals surface area contributed by atoms with Crippen LogP contribution < -0.4 is 5.32 Å². The van der Waals surface area contributed by atoms with Gasteiger partial charge in [0.05, 0.1) is 6.10 Å². The van der Waals surface area contributed by atoms with Crippen LogP contribution in [-0.4, -0.2) is 23.8 Å². The van der Waals surface area contributed by atoms with Gasteiger partial charge in [0.2, 0.25) is 0 Å². The third-order valence-corrected chi connectivity index (χ3v) is 4.49. The van der Waals surface area contributed by atoms with Crippen molar-refractivity contribution in [2.24, 2.45) is 5.92 Å². The number of rotatable bonds is 5. The van der Waals surface area contributed by atoms with Gasteiger partial charge < -0.3 is 10.4 Å². The SMILES string of the molecule is CC(Cc1ccc(Br)cc1)NCC1CCCC(O)C1. The minimum atomic E-state index is -0.0673. The lowest BCUT2D eigenvalue weighted by Crippen LogP contribution is -2.35. The van der Waals surface area contributed by atoms with Crippen LogP contribution in [0, 0.1) is 5.92 Å². The smallest absolute Gasteiger partial charge is 0.0543 e. The Bertz CT molecular complexity index is 379. The van der Waals surface area contributed by atoms with Crippen molar-refractivity contribution in [2.45, 2.75) is 51.2 Å². The van der Waals surface area contributed by atoms with Crippen molar-refractivity contribution in [1.29, 1.82) is 0 Å². The monoisotopic (exact) mass is 325 g/mol. The van der Waals surface area contributed by atoms with Crippen molar-refractivity contribution in [3.05, 3.63) is 34.3 Å². The van der Waals surface area contributed by atoms with Gasteiger partial charge >= 0.3 is 0 Å². The first-order valence-corrected chi connectivity index (χ1v) is 8.08. The highest BCUT2D eigenvalue weighted by Crippen LogP contribution is 2.23. The highest BCUT2D eigenvalue weighted by molar-refractivity contribution is 9.10. The second-order valence-electron chi connectivity index (χ2n) is 5.83. The normalized spacial score (nSPS) is 25.2. The Balaban J connectivity index is 1.72. The molecule has 0 bridgehead atoms. The van der Waals surface area contributed by atoms with E-state index in [2.05, 4.69) is 52.4 Å². The maximum atomic E-state index is 9.67. The molecule has 1 aromatic carbocycles. The fourth-order valence-corrected chi connectivity index (χ4v) is 3.13. The molecule has 1 fully saturated rings. The molecule has 2 rings (SSSR count). The number of benzene rings is 1. The van der Waals surface area contributed by atoms with Crippen LogP contribution in [0.25, 0.3) is 0 Å². The van der Waals surface area contributed by atoms with E-state index in [1.54, 1.807) is 0 Å². The van der Waals surface area contributed by atoms with Gasteiger partial charge in [0.25, 0.3) is 0 Å². The molecule has 1 saturated carbocycles. The average Bonchev–Trinajstić information content (AvgIpc) is 2.39. The summed E-state index contributed by atoms with van der Waals surface area (Å²) in [5.74, 6) is 0.649. The first-order valence-electron chi connectivity index (χ1n) is 7.29. The predicted octanol–water partition coefficient (Wildman–Crippen LogP) is 3.52. The Morgan fingerprint density at radius 1 is 1.32 bits per heavy atom. The van der Waals surface area contributed by atoms with Crippen molar-refractivity contribution in [2.75, 3.05) is 6.54 Å². The Kier molecular flexibility index (Phi) is 5.86. The van der Waals surface area contributed by atoms with Crippen LogP contribution in [0.4, 0.5) is 0 Å². The summed E-state index contributed by atoms with van der Waals surface area (Å²) in [7, 11) is 0.